The highest BCUT2D eigenvalue weighted by atomic mass is 32.2. The van der Waals surface area contributed by atoms with E-state index in [1.54, 1.807) is 4.57 Å². The number of benzene rings is 1. The minimum absolute atomic E-state index is 0.0514. The lowest BCUT2D eigenvalue weighted by Crippen LogP contribution is -2.29. The number of thiophene rings is 1. The molecule has 3 rings (SSSR count). The van der Waals surface area contributed by atoms with Crippen molar-refractivity contribution in [1.29, 1.82) is 0 Å². The second-order valence-corrected chi connectivity index (χ2v) is 9.65. The first kappa shape index (κ1) is 21.6. The van der Waals surface area contributed by atoms with E-state index in [9.17, 15) is 9.59 Å². The Bertz CT molecular complexity index is 1080. The van der Waals surface area contributed by atoms with Crippen LogP contribution >= 0.6 is 23.1 Å². The fourth-order valence-corrected chi connectivity index (χ4v) is 4.89. The molecule has 29 heavy (non-hydrogen) atoms. The first-order valence-corrected chi connectivity index (χ1v) is 11.6. The molecule has 1 aromatic carbocycles. The van der Waals surface area contributed by atoms with Crippen molar-refractivity contribution in [2.24, 2.45) is 5.92 Å². The zero-order valence-corrected chi connectivity index (χ0v) is 19.2. The number of aromatic nitrogens is 2. The van der Waals surface area contributed by atoms with E-state index >= 15 is 0 Å². The molecule has 5 nitrogen and oxygen atoms in total. The van der Waals surface area contributed by atoms with Gasteiger partial charge in [-0.05, 0) is 49.4 Å². The molecule has 0 saturated heterocycles. The van der Waals surface area contributed by atoms with E-state index < -0.39 is 0 Å². The molecule has 7 heteroatoms. The Morgan fingerprint density at radius 2 is 1.93 bits per heavy atom. The molecule has 2 heterocycles. The molecule has 2 aromatic heterocycles. The van der Waals surface area contributed by atoms with Gasteiger partial charge in [0.15, 0.2) is 5.16 Å². The van der Waals surface area contributed by atoms with Gasteiger partial charge < -0.3 is 5.32 Å². The van der Waals surface area contributed by atoms with Crippen molar-refractivity contribution in [2.75, 3.05) is 12.3 Å². The van der Waals surface area contributed by atoms with Crippen LogP contribution in [-0.2, 0) is 11.2 Å². The second-order valence-electron chi connectivity index (χ2n) is 7.50. The van der Waals surface area contributed by atoms with Crippen molar-refractivity contribution in [3.63, 3.8) is 0 Å². The van der Waals surface area contributed by atoms with E-state index in [0.717, 1.165) is 27.4 Å². The number of hydrogen-bond acceptors (Lipinski definition) is 5. The highest BCUT2D eigenvalue weighted by Crippen LogP contribution is 2.29. The van der Waals surface area contributed by atoms with Gasteiger partial charge in [0.05, 0.1) is 16.8 Å². The average Bonchev–Trinajstić information content (AvgIpc) is 2.98. The normalized spacial score (nSPS) is 11.4. The standard InChI is InChI=1S/C22H27N3O2S2/c1-6-16-7-9-17(10-8-16)25-21(27)19-14(4)15(5)29-20(19)24-22(25)28-12-18(26)23-11-13(2)3/h7-10,13H,6,11-12H2,1-5H3,(H,23,26). The SMILES string of the molecule is CCc1ccc(-n2c(SCC(=O)NCC(C)C)nc3sc(C)c(C)c3c2=O)cc1. The molecule has 0 saturated carbocycles. The third-order valence-corrected chi connectivity index (χ3v) is 6.85. The molecule has 0 aliphatic heterocycles. The highest BCUT2D eigenvalue weighted by Gasteiger charge is 2.18. The zero-order chi connectivity index (χ0) is 21.1. The number of hydrogen-bond donors (Lipinski definition) is 1. The molecule has 0 aliphatic carbocycles. The van der Waals surface area contributed by atoms with Crippen LogP contribution in [0.4, 0.5) is 0 Å². The lowest BCUT2D eigenvalue weighted by Gasteiger charge is -2.13. The van der Waals surface area contributed by atoms with E-state index in [1.807, 2.05) is 38.1 Å². The van der Waals surface area contributed by atoms with Crippen molar-refractivity contribution in [3.05, 3.63) is 50.6 Å². The molecule has 3 aromatic rings. The van der Waals surface area contributed by atoms with Crippen LogP contribution in [0.15, 0.2) is 34.2 Å². The van der Waals surface area contributed by atoms with Crippen LogP contribution in [-0.4, -0.2) is 27.8 Å². The summed E-state index contributed by atoms with van der Waals surface area (Å²) < 4.78 is 1.64. The Balaban J connectivity index is 2.04. The number of nitrogens with zero attached hydrogens (tertiary/aromatic N) is 2. The fourth-order valence-electron chi connectivity index (χ4n) is 2.98. The quantitative estimate of drug-likeness (QED) is 0.444. The fraction of sp³-hybridized carbons (Fsp3) is 0.409. The van der Waals surface area contributed by atoms with E-state index in [2.05, 4.69) is 26.1 Å². The highest BCUT2D eigenvalue weighted by molar-refractivity contribution is 7.99. The average molecular weight is 430 g/mol. The van der Waals surface area contributed by atoms with Crippen molar-refractivity contribution in [2.45, 2.75) is 46.2 Å². The summed E-state index contributed by atoms with van der Waals surface area (Å²) in [6.07, 6.45) is 0.937. The molecule has 1 amide bonds. The van der Waals surface area contributed by atoms with Gasteiger partial charge >= 0.3 is 0 Å². The number of fused-ring (bicyclic) bond motifs is 1. The van der Waals surface area contributed by atoms with Crippen LogP contribution in [0, 0.1) is 19.8 Å². The number of thioether (sulfide) groups is 1. The summed E-state index contributed by atoms with van der Waals surface area (Å²) in [5.41, 5.74) is 2.88. The molecule has 0 atom stereocenters. The van der Waals surface area contributed by atoms with Gasteiger partial charge in [0.25, 0.3) is 5.56 Å². The van der Waals surface area contributed by atoms with Crippen molar-refractivity contribution >= 4 is 39.2 Å². The van der Waals surface area contributed by atoms with Gasteiger partial charge in [0.1, 0.15) is 4.83 Å². The van der Waals surface area contributed by atoms with E-state index in [1.165, 1.54) is 28.7 Å². The maximum Gasteiger partial charge on any atom is 0.267 e. The summed E-state index contributed by atoms with van der Waals surface area (Å²) in [7, 11) is 0. The molecule has 0 spiro atoms. The van der Waals surface area contributed by atoms with Crippen molar-refractivity contribution in [3.8, 4) is 5.69 Å². The van der Waals surface area contributed by atoms with E-state index in [4.69, 9.17) is 4.98 Å². The molecule has 1 N–H and O–H groups in total. The van der Waals surface area contributed by atoms with Gasteiger partial charge in [0, 0.05) is 11.4 Å². The second kappa shape index (κ2) is 9.13. The third-order valence-electron chi connectivity index (χ3n) is 4.81. The lowest BCUT2D eigenvalue weighted by molar-refractivity contribution is -0.118. The maximum absolute atomic E-state index is 13.4. The molecule has 0 aliphatic rings. The van der Waals surface area contributed by atoms with Gasteiger partial charge in [-0.25, -0.2) is 4.98 Å². The van der Waals surface area contributed by atoms with Crippen LogP contribution in [0.3, 0.4) is 0 Å². The van der Waals surface area contributed by atoms with Crippen molar-refractivity contribution in [1.82, 2.24) is 14.9 Å². The molecule has 154 valence electrons. The summed E-state index contributed by atoms with van der Waals surface area (Å²) in [6, 6.07) is 7.96. The molecule has 0 radical (unpaired) electrons. The summed E-state index contributed by atoms with van der Waals surface area (Å²) >= 11 is 2.83. The Kier molecular flexibility index (Phi) is 6.80. The van der Waals surface area contributed by atoms with Gasteiger partial charge in [0.2, 0.25) is 5.91 Å². The predicted octanol–water partition coefficient (Wildman–Crippen LogP) is 4.49. The Morgan fingerprint density at radius 1 is 1.24 bits per heavy atom. The van der Waals surface area contributed by atoms with E-state index in [0.29, 0.717) is 23.0 Å². The molecule has 0 unspecified atom stereocenters. The summed E-state index contributed by atoms with van der Waals surface area (Å²) in [5, 5.41) is 4.14. The number of nitrogens with one attached hydrogen (secondary N) is 1. The number of amides is 1. The van der Waals surface area contributed by atoms with Gasteiger partial charge in [-0.15, -0.1) is 11.3 Å². The predicted molar refractivity (Wildman–Crippen MR) is 123 cm³/mol. The van der Waals surface area contributed by atoms with Crippen LogP contribution in [0.2, 0.25) is 0 Å². The van der Waals surface area contributed by atoms with Gasteiger partial charge in [-0.2, -0.15) is 0 Å². The van der Waals surface area contributed by atoms with Crippen LogP contribution in [0.25, 0.3) is 15.9 Å². The largest absolute Gasteiger partial charge is 0.355 e. The summed E-state index contributed by atoms with van der Waals surface area (Å²) in [4.78, 5) is 32.2. The number of aryl methyl sites for hydroxylation is 3. The van der Waals surface area contributed by atoms with Gasteiger partial charge in [-0.1, -0.05) is 44.7 Å². The van der Waals surface area contributed by atoms with Crippen LogP contribution < -0.4 is 10.9 Å². The smallest absolute Gasteiger partial charge is 0.267 e. The van der Waals surface area contributed by atoms with Crippen molar-refractivity contribution < 1.29 is 4.79 Å². The molecular formula is C22H27N3O2S2. The topological polar surface area (TPSA) is 64.0 Å². The lowest BCUT2D eigenvalue weighted by atomic mass is 10.1. The summed E-state index contributed by atoms with van der Waals surface area (Å²) in [5.74, 6) is 0.566. The molecule has 0 fully saturated rings. The number of carbonyl (C=O) groups excluding carboxylic acids is 1. The Labute approximate surface area is 179 Å². The van der Waals surface area contributed by atoms with Gasteiger partial charge in [-0.3, -0.25) is 14.2 Å². The molecule has 0 bridgehead atoms. The number of carbonyl (C=O) groups is 1. The van der Waals surface area contributed by atoms with Crippen LogP contribution in [0.5, 0.6) is 0 Å². The zero-order valence-electron chi connectivity index (χ0n) is 17.5. The molecular weight excluding hydrogens is 402 g/mol. The maximum atomic E-state index is 13.4. The van der Waals surface area contributed by atoms with Crippen LogP contribution in [0.1, 0.15) is 36.8 Å². The minimum atomic E-state index is -0.0776. The Morgan fingerprint density at radius 3 is 2.55 bits per heavy atom. The summed E-state index contributed by atoms with van der Waals surface area (Å²) in [6.45, 7) is 10.8. The minimum Gasteiger partial charge on any atom is -0.355 e. The number of rotatable bonds is 7. The third kappa shape index (κ3) is 4.73. The monoisotopic (exact) mass is 429 g/mol. The first-order valence-electron chi connectivity index (χ1n) is 9.83. The van der Waals surface area contributed by atoms with E-state index in [-0.39, 0.29) is 17.2 Å². The Hall–Kier alpha value is -2.12. The first-order chi connectivity index (χ1) is 13.8.